The Morgan fingerprint density at radius 3 is 2.57 bits per heavy atom. The summed E-state index contributed by atoms with van der Waals surface area (Å²) >= 11 is 0. The molecule has 0 spiro atoms. The summed E-state index contributed by atoms with van der Waals surface area (Å²) in [5.74, 6) is 0.762. The summed E-state index contributed by atoms with van der Waals surface area (Å²) in [6.45, 7) is 8.75. The molecule has 1 aliphatic carbocycles. The lowest BCUT2D eigenvalue weighted by Gasteiger charge is -2.09. The van der Waals surface area contributed by atoms with Gasteiger partial charge in [0.05, 0.1) is 5.57 Å². The number of amides is 1. The van der Waals surface area contributed by atoms with E-state index in [4.69, 9.17) is 0 Å². The molecule has 0 saturated heterocycles. The minimum absolute atomic E-state index is 0.0354. The predicted molar refractivity (Wildman–Crippen MR) is 118 cm³/mol. The molecule has 0 aromatic heterocycles. The molecule has 4 rings (SSSR count). The van der Waals surface area contributed by atoms with Crippen molar-refractivity contribution in [2.45, 2.75) is 53.4 Å². The molecule has 1 aliphatic heterocycles. The number of benzene rings is 2. The SMILES string of the molecule is Cc1ccc2c(c1)NC(=O)/C2=C1\Cc2ccc(C)cc2\C1=C/CCCC(C)C. The number of rotatable bonds is 4. The molecule has 0 saturated carbocycles. The van der Waals surface area contributed by atoms with E-state index in [1.807, 2.05) is 0 Å². The molecule has 2 aliphatic rings. The highest BCUT2D eigenvalue weighted by atomic mass is 16.2. The van der Waals surface area contributed by atoms with Crippen LogP contribution in [0.1, 0.15) is 60.9 Å². The number of allylic oxidation sites excluding steroid dienone is 3. The zero-order valence-corrected chi connectivity index (χ0v) is 17.4. The second-order valence-corrected chi connectivity index (χ2v) is 8.64. The highest BCUT2D eigenvalue weighted by molar-refractivity contribution is 6.34. The maximum Gasteiger partial charge on any atom is 0.256 e. The number of fused-ring (bicyclic) bond motifs is 2. The normalized spacial score (nSPS) is 19.3. The second-order valence-electron chi connectivity index (χ2n) is 8.64. The van der Waals surface area contributed by atoms with Crippen LogP contribution in [0.4, 0.5) is 5.69 Å². The summed E-state index contributed by atoms with van der Waals surface area (Å²) in [4.78, 5) is 12.9. The minimum Gasteiger partial charge on any atom is -0.321 e. The Balaban J connectivity index is 1.81. The Morgan fingerprint density at radius 2 is 1.79 bits per heavy atom. The van der Waals surface area contributed by atoms with Gasteiger partial charge in [0.25, 0.3) is 5.91 Å². The topological polar surface area (TPSA) is 29.1 Å². The summed E-state index contributed by atoms with van der Waals surface area (Å²) in [5.41, 5.74) is 10.4. The molecule has 0 fully saturated rings. The summed E-state index contributed by atoms with van der Waals surface area (Å²) in [6.07, 6.45) is 6.68. The van der Waals surface area contributed by atoms with E-state index < -0.39 is 0 Å². The Labute approximate surface area is 168 Å². The van der Waals surface area contributed by atoms with Crippen LogP contribution in [0.25, 0.3) is 11.1 Å². The lowest BCUT2D eigenvalue weighted by atomic mass is 9.94. The van der Waals surface area contributed by atoms with E-state index in [-0.39, 0.29) is 5.91 Å². The van der Waals surface area contributed by atoms with E-state index in [0.717, 1.165) is 35.6 Å². The van der Waals surface area contributed by atoms with Crippen LogP contribution in [0, 0.1) is 19.8 Å². The number of hydrogen-bond donors (Lipinski definition) is 1. The fourth-order valence-electron chi connectivity index (χ4n) is 4.36. The molecule has 0 atom stereocenters. The van der Waals surface area contributed by atoms with Crippen LogP contribution >= 0.6 is 0 Å². The lowest BCUT2D eigenvalue weighted by Crippen LogP contribution is -2.06. The lowest BCUT2D eigenvalue weighted by molar-refractivity contribution is -0.110. The van der Waals surface area contributed by atoms with Gasteiger partial charge in [-0.1, -0.05) is 62.2 Å². The Kier molecular flexibility index (Phi) is 4.97. The Bertz CT molecular complexity index is 1010. The fourth-order valence-corrected chi connectivity index (χ4v) is 4.36. The van der Waals surface area contributed by atoms with Gasteiger partial charge in [-0.15, -0.1) is 0 Å². The molecular formula is C26H29NO. The van der Waals surface area contributed by atoms with Crippen LogP contribution in [-0.2, 0) is 11.2 Å². The summed E-state index contributed by atoms with van der Waals surface area (Å²) < 4.78 is 0. The highest BCUT2D eigenvalue weighted by Gasteiger charge is 2.32. The monoisotopic (exact) mass is 371 g/mol. The molecular weight excluding hydrogens is 342 g/mol. The maximum atomic E-state index is 12.9. The number of unbranched alkanes of at least 4 members (excludes halogenated alkanes) is 1. The molecule has 2 aromatic carbocycles. The first kappa shape index (κ1) is 18.7. The van der Waals surface area contributed by atoms with Crippen LogP contribution in [0.5, 0.6) is 0 Å². The van der Waals surface area contributed by atoms with Crippen LogP contribution in [0.3, 0.4) is 0 Å². The summed E-state index contributed by atoms with van der Waals surface area (Å²) in [7, 11) is 0. The van der Waals surface area contributed by atoms with Gasteiger partial charge in [0.2, 0.25) is 0 Å². The molecule has 0 unspecified atom stereocenters. The van der Waals surface area contributed by atoms with Crippen LogP contribution in [0.15, 0.2) is 48.0 Å². The van der Waals surface area contributed by atoms with Gasteiger partial charge in [0, 0.05) is 11.3 Å². The molecule has 1 amide bonds. The van der Waals surface area contributed by atoms with E-state index in [9.17, 15) is 4.79 Å². The number of hydrogen-bond acceptors (Lipinski definition) is 1. The number of carbonyl (C=O) groups is 1. The summed E-state index contributed by atoms with van der Waals surface area (Å²) in [5, 5.41) is 3.08. The van der Waals surface area contributed by atoms with Crippen molar-refractivity contribution in [1.29, 1.82) is 0 Å². The first-order valence-corrected chi connectivity index (χ1v) is 10.4. The van der Waals surface area contributed by atoms with Gasteiger partial charge >= 0.3 is 0 Å². The van der Waals surface area contributed by atoms with Crippen LogP contribution < -0.4 is 5.32 Å². The first-order chi connectivity index (χ1) is 13.4. The van der Waals surface area contributed by atoms with Crippen molar-refractivity contribution in [3.05, 3.63) is 75.9 Å². The first-order valence-electron chi connectivity index (χ1n) is 10.4. The van der Waals surface area contributed by atoms with E-state index in [2.05, 4.69) is 75.5 Å². The third kappa shape index (κ3) is 3.44. The van der Waals surface area contributed by atoms with Crippen molar-refractivity contribution >= 4 is 22.7 Å². The van der Waals surface area contributed by atoms with Crippen LogP contribution in [-0.4, -0.2) is 5.91 Å². The van der Waals surface area contributed by atoms with E-state index in [1.54, 1.807) is 0 Å². The van der Waals surface area contributed by atoms with Gasteiger partial charge in [0.15, 0.2) is 0 Å². The molecule has 2 aromatic rings. The van der Waals surface area contributed by atoms with Gasteiger partial charge in [-0.3, -0.25) is 4.79 Å². The van der Waals surface area contributed by atoms with Crippen molar-refractivity contribution in [1.82, 2.24) is 0 Å². The number of carbonyl (C=O) groups excluding carboxylic acids is 1. The van der Waals surface area contributed by atoms with Crippen LogP contribution in [0.2, 0.25) is 0 Å². The molecule has 1 heterocycles. The highest BCUT2D eigenvalue weighted by Crippen LogP contribution is 2.45. The molecule has 2 nitrogen and oxygen atoms in total. The van der Waals surface area contributed by atoms with Gasteiger partial charge in [-0.2, -0.15) is 0 Å². The third-order valence-electron chi connectivity index (χ3n) is 5.80. The molecule has 1 N–H and O–H groups in total. The van der Waals surface area contributed by atoms with Crippen molar-refractivity contribution in [2.24, 2.45) is 5.92 Å². The molecule has 28 heavy (non-hydrogen) atoms. The maximum absolute atomic E-state index is 12.9. The Morgan fingerprint density at radius 1 is 1.04 bits per heavy atom. The summed E-state index contributed by atoms with van der Waals surface area (Å²) in [6, 6.07) is 12.9. The molecule has 0 radical (unpaired) electrons. The predicted octanol–water partition coefficient (Wildman–Crippen LogP) is 6.48. The zero-order valence-electron chi connectivity index (χ0n) is 17.4. The fraction of sp³-hybridized carbons (Fsp3) is 0.346. The third-order valence-corrected chi connectivity index (χ3v) is 5.80. The van der Waals surface area contributed by atoms with Gasteiger partial charge in [-0.25, -0.2) is 0 Å². The van der Waals surface area contributed by atoms with E-state index in [1.165, 1.54) is 46.2 Å². The molecule has 2 heteroatoms. The quantitative estimate of drug-likeness (QED) is 0.484. The van der Waals surface area contributed by atoms with Crippen molar-refractivity contribution < 1.29 is 4.79 Å². The van der Waals surface area contributed by atoms with Crippen molar-refractivity contribution in [3.8, 4) is 0 Å². The van der Waals surface area contributed by atoms with E-state index >= 15 is 0 Å². The standard InChI is InChI=1S/C26H29NO/c1-16(2)7-5-6-8-20-22-13-17(3)9-11-19(22)15-23(20)25-21-12-10-18(4)14-24(21)27-26(25)28/h8-14,16H,5-7,15H2,1-4H3,(H,27,28)/b20-8+,25-23+. The zero-order chi connectivity index (χ0) is 19.8. The molecule has 0 bridgehead atoms. The molecule has 144 valence electrons. The van der Waals surface area contributed by atoms with Crippen molar-refractivity contribution in [2.75, 3.05) is 5.32 Å². The van der Waals surface area contributed by atoms with Crippen molar-refractivity contribution in [3.63, 3.8) is 0 Å². The largest absolute Gasteiger partial charge is 0.321 e. The average Bonchev–Trinajstić information content (AvgIpc) is 3.14. The average molecular weight is 372 g/mol. The minimum atomic E-state index is 0.0354. The van der Waals surface area contributed by atoms with Gasteiger partial charge in [0.1, 0.15) is 0 Å². The number of aryl methyl sites for hydroxylation is 2. The second kappa shape index (κ2) is 7.43. The van der Waals surface area contributed by atoms with E-state index in [0.29, 0.717) is 0 Å². The number of anilines is 1. The van der Waals surface area contributed by atoms with Gasteiger partial charge in [-0.05, 0) is 72.9 Å². The van der Waals surface area contributed by atoms with Gasteiger partial charge < -0.3 is 5.32 Å². The Hall–Kier alpha value is -2.61. The number of nitrogens with one attached hydrogen (secondary N) is 1. The smallest absolute Gasteiger partial charge is 0.256 e.